The third-order valence-corrected chi connectivity index (χ3v) is 3.68. The molecular weight excluding hydrogens is 268 g/mol. The van der Waals surface area contributed by atoms with Crippen LogP contribution in [0.4, 0.5) is 5.95 Å². The molecule has 0 bridgehead atoms. The predicted molar refractivity (Wildman–Crippen MR) is 84.1 cm³/mol. The Labute approximate surface area is 126 Å². The van der Waals surface area contributed by atoms with Crippen molar-refractivity contribution >= 4 is 5.95 Å². The van der Waals surface area contributed by atoms with Crippen LogP contribution < -0.4 is 10.5 Å². The molecule has 0 radical (unpaired) electrons. The van der Waals surface area contributed by atoms with Crippen molar-refractivity contribution in [3.63, 3.8) is 0 Å². The summed E-state index contributed by atoms with van der Waals surface area (Å²) >= 11 is 0. The van der Waals surface area contributed by atoms with Gasteiger partial charge in [-0.25, -0.2) is 4.98 Å². The highest BCUT2D eigenvalue weighted by Crippen LogP contribution is 2.13. The Morgan fingerprint density at radius 2 is 2.05 bits per heavy atom. The van der Waals surface area contributed by atoms with Gasteiger partial charge in [-0.1, -0.05) is 6.92 Å². The molecule has 21 heavy (non-hydrogen) atoms. The molecule has 0 N–H and O–H groups in total. The third-order valence-electron chi connectivity index (χ3n) is 3.68. The number of rotatable bonds is 6. The zero-order chi connectivity index (χ0) is 15.2. The fourth-order valence-electron chi connectivity index (χ4n) is 2.48. The summed E-state index contributed by atoms with van der Waals surface area (Å²) < 4.78 is 7.21. The van der Waals surface area contributed by atoms with Crippen molar-refractivity contribution < 1.29 is 4.74 Å². The molecule has 6 nitrogen and oxygen atoms in total. The molecule has 0 spiro atoms. The maximum absolute atomic E-state index is 12.4. The molecule has 1 aliphatic rings. The molecular formula is C15H26N4O2. The lowest BCUT2D eigenvalue weighted by atomic mass is 10.3. The molecule has 1 saturated heterocycles. The number of nitrogens with zero attached hydrogens (tertiary/aromatic N) is 4. The first-order valence-electron chi connectivity index (χ1n) is 7.70. The summed E-state index contributed by atoms with van der Waals surface area (Å²) in [5.41, 5.74) is 0.924. The lowest BCUT2D eigenvalue weighted by Crippen LogP contribution is -2.41. The van der Waals surface area contributed by atoms with Gasteiger partial charge in [0.15, 0.2) is 0 Å². The largest absolute Gasteiger partial charge is 0.378 e. The van der Waals surface area contributed by atoms with Crippen LogP contribution >= 0.6 is 0 Å². The van der Waals surface area contributed by atoms with Gasteiger partial charge in [0.1, 0.15) is 0 Å². The van der Waals surface area contributed by atoms with Crippen LogP contribution in [0, 0.1) is 0 Å². The lowest BCUT2D eigenvalue weighted by molar-refractivity contribution is 0.121. The van der Waals surface area contributed by atoms with E-state index < -0.39 is 0 Å². The Balaban J connectivity index is 2.25. The maximum Gasteiger partial charge on any atom is 0.255 e. The summed E-state index contributed by atoms with van der Waals surface area (Å²) in [6.45, 7) is 6.70. The molecule has 0 saturated carbocycles. The van der Waals surface area contributed by atoms with Crippen molar-refractivity contribution in [3.8, 4) is 0 Å². The topological polar surface area (TPSA) is 50.6 Å². The standard InChI is InChI=1S/C15H26N4O2/c1-4-13-12-14(20)19(7-5-6-17(2)3)15(16-13)18-8-10-21-11-9-18/h12H,4-11H2,1-3H3. The monoisotopic (exact) mass is 294 g/mol. The first kappa shape index (κ1) is 16.0. The van der Waals surface area contributed by atoms with Gasteiger partial charge in [0.2, 0.25) is 5.95 Å². The minimum atomic E-state index is 0.0575. The molecule has 0 amide bonds. The molecule has 0 unspecified atom stereocenters. The van der Waals surface area contributed by atoms with E-state index in [4.69, 9.17) is 9.72 Å². The van der Waals surface area contributed by atoms with Crippen molar-refractivity contribution in [2.45, 2.75) is 26.3 Å². The highest BCUT2D eigenvalue weighted by Gasteiger charge is 2.18. The number of hydrogen-bond acceptors (Lipinski definition) is 5. The van der Waals surface area contributed by atoms with Gasteiger partial charge >= 0.3 is 0 Å². The lowest BCUT2D eigenvalue weighted by Gasteiger charge is -2.30. The molecule has 1 aromatic rings. The molecule has 0 atom stereocenters. The zero-order valence-electron chi connectivity index (χ0n) is 13.3. The smallest absolute Gasteiger partial charge is 0.255 e. The van der Waals surface area contributed by atoms with E-state index in [-0.39, 0.29) is 5.56 Å². The Morgan fingerprint density at radius 1 is 1.33 bits per heavy atom. The average Bonchev–Trinajstić information content (AvgIpc) is 2.49. The van der Waals surface area contributed by atoms with Crippen molar-refractivity contribution in [3.05, 3.63) is 22.1 Å². The van der Waals surface area contributed by atoms with Gasteiger partial charge in [-0.2, -0.15) is 0 Å². The van der Waals surface area contributed by atoms with Crippen LogP contribution in [-0.4, -0.2) is 61.4 Å². The molecule has 1 fully saturated rings. The number of morpholine rings is 1. The van der Waals surface area contributed by atoms with Crippen molar-refractivity contribution in [2.75, 3.05) is 51.8 Å². The van der Waals surface area contributed by atoms with Crippen LogP contribution in [-0.2, 0) is 17.7 Å². The summed E-state index contributed by atoms with van der Waals surface area (Å²) in [6.07, 6.45) is 1.72. The number of hydrogen-bond donors (Lipinski definition) is 0. The first-order chi connectivity index (χ1) is 10.1. The summed E-state index contributed by atoms with van der Waals surface area (Å²) in [7, 11) is 4.09. The third kappa shape index (κ3) is 4.28. The van der Waals surface area contributed by atoms with Gasteiger partial charge in [-0.15, -0.1) is 0 Å². The van der Waals surface area contributed by atoms with Crippen LogP contribution in [0.5, 0.6) is 0 Å². The number of anilines is 1. The highest BCUT2D eigenvalue weighted by molar-refractivity contribution is 5.33. The fourth-order valence-corrected chi connectivity index (χ4v) is 2.48. The van der Waals surface area contributed by atoms with E-state index in [9.17, 15) is 4.79 Å². The molecule has 2 rings (SSSR count). The summed E-state index contributed by atoms with van der Waals surface area (Å²) in [5.74, 6) is 0.807. The molecule has 1 aromatic heterocycles. The van der Waals surface area contributed by atoms with Crippen LogP contribution in [0.25, 0.3) is 0 Å². The Morgan fingerprint density at radius 3 is 2.67 bits per heavy atom. The fraction of sp³-hybridized carbons (Fsp3) is 0.733. The average molecular weight is 294 g/mol. The van der Waals surface area contributed by atoms with E-state index >= 15 is 0 Å². The van der Waals surface area contributed by atoms with E-state index in [2.05, 4.69) is 9.80 Å². The summed E-state index contributed by atoms with van der Waals surface area (Å²) in [4.78, 5) is 21.4. The Hall–Kier alpha value is -1.40. The van der Waals surface area contributed by atoms with E-state index in [1.165, 1.54) is 0 Å². The number of aryl methyl sites for hydroxylation is 1. The van der Waals surface area contributed by atoms with Crippen LogP contribution in [0.1, 0.15) is 19.0 Å². The van der Waals surface area contributed by atoms with Gasteiger partial charge in [0.05, 0.1) is 13.2 Å². The van der Waals surface area contributed by atoms with E-state index in [0.29, 0.717) is 19.8 Å². The van der Waals surface area contributed by atoms with Crippen molar-refractivity contribution in [2.24, 2.45) is 0 Å². The van der Waals surface area contributed by atoms with Gasteiger partial charge in [-0.3, -0.25) is 9.36 Å². The van der Waals surface area contributed by atoms with E-state index in [1.807, 2.05) is 25.6 Å². The predicted octanol–water partition coefficient (Wildman–Crippen LogP) is 0.594. The molecule has 0 aromatic carbocycles. The summed E-state index contributed by atoms with van der Waals surface area (Å²) in [5, 5.41) is 0. The Bertz CT molecular complexity index is 507. The van der Waals surface area contributed by atoms with Gasteiger partial charge < -0.3 is 14.5 Å². The molecule has 6 heteroatoms. The van der Waals surface area contributed by atoms with Gasteiger partial charge in [0.25, 0.3) is 5.56 Å². The minimum absolute atomic E-state index is 0.0575. The number of ether oxygens (including phenoxy) is 1. The van der Waals surface area contributed by atoms with Crippen LogP contribution in [0.2, 0.25) is 0 Å². The van der Waals surface area contributed by atoms with E-state index in [0.717, 1.165) is 44.1 Å². The second-order valence-corrected chi connectivity index (χ2v) is 5.65. The van der Waals surface area contributed by atoms with Gasteiger partial charge in [-0.05, 0) is 33.5 Å². The Kier molecular flexibility index (Phi) is 5.76. The molecule has 2 heterocycles. The molecule has 1 aliphatic heterocycles. The van der Waals surface area contributed by atoms with Crippen LogP contribution in [0.3, 0.4) is 0 Å². The number of aromatic nitrogens is 2. The van der Waals surface area contributed by atoms with Gasteiger partial charge in [0, 0.05) is 31.4 Å². The first-order valence-corrected chi connectivity index (χ1v) is 7.70. The molecule has 0 aliphatic carbocycles. The minimum Gasteiger partial charge on any atom is -0.378 e. The summed E-state index contributed by atoms with van der Waals surface area (Å²) in [6, 6.07) is 1.67. The quantitative estimate of drug-likeness (QED) is 0.769. The highest BCUT2D eigenvalue weighted by atomic mass is 16.5. The van der Waals surface area contributed by atoms with E-state index in [1.54, 1.807) is 6.07 Å². The maximum atomic E-state index is 12.4. The van der Waals surface area contributed by atoms with Crippen LogP contribution in [0.15, 0.2) is 10.9 Å². The second kappa shape index (κ2) is 7.56. The molecule has 118 valence electrons. The van der Waals surface area contributed by atoms with Crippen molar-refractivity contribution in [1.29, 1.82) is 0 Å². The van der Waals surface area contributed by atoms with Crippen molar-refractivity contribution in [1.82, 2.24) is 14.5 Å². The second-order valence-electron chi connectivity index (χ2n) is 5.65. The zero-order valence-corrected chi connectivity index (χ0v) is 13.3. The normalized spacial score (nSPS) is 15.7. The SMILES string of the molecule is CCc1cc(=O)n(CCCN(C)C)c(N2CCOCC2)n1.